The summed E-state index contributed by atoms with van der Waals surface area (Å²) in [4.78, 5) is 28.8. The van der Waals surface area contributed by atoms with Gasteiger partial charge in [-0.1, -0.05) is 6.07 Å². The van der Waals surface area contributed by atoms with E-state index in [0.29, 0.717) is 25.9 Å². The Morgan fingerprint density at radius 2 is 1.96 bits per heavy atom. The standard InChI is InChI=1S/C20H30N2O3/c1-13(2)21(11-16(5)23)20(25)17-7-9-19(24)22(12-17)18-8-6-14(3)15(4)10-18/h6,8,10,13,16-17,23H,7,9,11-12H2,1-5H3. The summed E-state index contributed by atoms with van der Waals surface area (Å²) in [6.07, 6.45) is 0.388. The molecule has 0 aromatic heterocycles. The van der Waals surface area contributed by atoms with Crippen molar-refractivity contribution in [2.75, 3.05) is 18.0 Å². The maximum Gasteiger partial charge on any atom is 0.227 e. The third-order valence-corrected chi connectivity index (χ3v) is 4.93. The van der Waals surface area contributed by atoms with Crippen molar-refractivity contribution in [1.29, 1.82) is 0 Å². The smallest absolute Gasteiger partial charge is 0.227 e. The van der Waals surface area contributed by atoms with Gasteiger partial charge in [0.1, 0.15) is 0 Å². The SMILES string of the molecule is Cc1ccc(N2CC(C(=O)N(CC(C)O)C(C)C)CCC2=O)cc1C. The zero-order valence-corrected chi connectivity index (χ0v) is 16.0. The van der Waals surface area contributed by atoms with E-state index in [1.54, 1.807) is 16.7 Å². The van der Waals surface area contributed by atoms with Crippen LogP contribution in [0.5, 0.6) is 0 Å². The molecule has 1 aromatic rings. The van der Waals surface area contributed by atoms with E-state index in [1.165, 1.54) is 5.56 Å². The molecule has 2 rings (SSSR count). The number of carbonyl (C=O) groups is 2. The minimum absolute atomic E-state index is 0.0230. The zero-order valence-electron chi connectivity index (χ0n) is 16.0. The Hall–Kier alpha value is -1.88. The highest BCUT2D eigenvalue weighted by Gasteiger charge is 2.34. The van der Waals surface area contributed by atoms with Crippen molar-refractivity contribution >= 4 is 17.5 Å². The molecule has 0 radical (unpaired) electrons. The number of anilines is 1. The predicted molar refractivity (Wildman–Crippen MR) is 99.5 cm³/mol. The molecule has 0 bridgehead atoms. The van der Waals surface area contributed by atoms with Crippen LogP contribution >= 0.6 is 0 Å². The number of hydrogen-bond acceptors (Lipinski definition) is 3. The van der Waals surface area contributed by atoms with Gasteiger partial charge in [-0.05, 0) is 64.3 Å². The summed E-state index contributed by atoms with van der Waals surface area (Å²) in [5, 5.41) is 9.69. The summed E-state index contributed by atoms with van der Waals surface area (Å²) in [6, 6.07) is 5.99. The van der Waals surface area contributed by atoms with Crippen molar-refractivity contribution in [2.45, 2.75) is 59.6 Å². The van der Waals surface area contributed by atoms with Gasteiger partial charge >= 0.3 is 0 Å². The molecule has 1 aliphatic rings. The minimum atomic E-state index is -0.563. The fourth-order valence-corrected chi connectivity index (χ4v) is 3.27. The number of benzene rings is 1. The van der Waals surface area contributed by atoms with Crippen LogP contribution in [0.3, 0.4) is 0 Å². The van der Waals surface area contributed by atoms with Gasteiger partial charge in [-0.3, -0.25) is 9.59 Å². The van der Waals surface area contributed by atoms with Crippen LogP contribution < -0.4 is 4.90 Å². The third kappa shape index (κ3) is 4.60. The van der Waals surface area contributed by atoms with Crippen LogP contribution in [-0.2, 0) is 9.59 Å². The molecule has 2 unspecified atom stereocenters. The van der Waals surface area contributed by atoms with Gasteiger partial charge in [0.05, 0.1) is 12.0 Å². The van der Waals surface area contributed by atoms with Crippen LogP contribution in [0.2, 0.25) is 0 Å². The normalized spacial score (nSPS) is 19.2. The Balaban J connectivity index is 2.19. The molecule has 0 spiro atoms. The highest BCUT2D eigenvalue weighted by molar-refractivity contribution is 5.96. The van der Waals surface area contributed by atoms with Gasteiger partial charge in [0.2, 0.25) is 11.8 Å². The predicted octanol–water partition coefficient (Wildman–Crippen LogP) is 2.66. The molecular weight excluding hydrogens is 316 g/mol. The van der Waals surface area contributed by atoms with Crippen LogP contribution in [0, 0.1) is 19.8 Å². The Kier molecular flexibility index (Phi) is 6.22. The lowest BCUT2D eigenvalue weighted by atomic mass is 9.94. The molecule has 1 aromatic carbocycles. The van der Waals surface area contributed by atoms with Crippen molar-refractivity contribution in [3.8, 4) is 0 Å². The number of amides is 2. The van der Waals surface area contributed by atoms with E-state index in [4.69, 9.17) is 0 Å². The molecule has 1 saturated heterocycles. The summed E-state index contributed by atoms with van der Waals surface area (Å²) < 4.78 is 0. The average molecular weight is 346 g/mol. The van der Waals surface area contributed by atoms with Crippen LogP contribution in [-0.4, -0.2) is 47.1 Å². The van der Waals surface area contributed by atoms with Gasteiger partial charge in [0, 0.05) is 31.2 Å². The van der Waals surface area contributed by atoms with Crippen molar-refractivity contribution < 1.29 is 14.7 Å². The van der Waals surface area contributed by atoms with Gasteiger partial charge in [0.15, 0.2) is 0 Å². The largest absolute Gasteiger partial charge is 0.392 e. The second kappa shape index (κ2) is 8.00. The first-order valence-electron chi connectivity index (χ1n) is 9.06. The molecular formula is C20H30N2O3. The van der Waals surface area contributed by atoms with Crippen LogP contribution in [0.25, 0.3) is 0 Å². The number of carbonyl (C=O) groups excluding carboxylic acids is 2. The van der Waals surface area contributed by atoms with Crippen molar-refractivity contribution in [2.24, 2.45) is 5.92 Å². The van der Waals surface area contributed by atoms with E-state index in [1.807, 2.05) is 45.9 Å². The molecule has 5 heteroatoms. The maximum absolute atomic E-state index is 13.0. The number of rotatable bonds is 5. The maximum atomic E-state index is 13.0. The lowest BCUT2D eigenvalue weighted by molar-refractivity contribution is -0.139. The minimum Gasteiger partial charge on any atom is -0.392 e. The van der Waals surface area contributed by atoms with E-state index in [-0.39, 0.29) is 23.8 Å². The van der Waals surface area contributed by atoms with Gasteiger partial charge in [-0.25, -0.2) is 0 Å². The molecule has 25 heavy (non-hydrogen) atoms. The quantitative estimate of drug-likeness (QED) is 0.892. The first-order valence-corrected chi connectivity index (χ1v) is 9.06. The highest BCUT2D eigenvalue weighted by Crippen LogP contribution is 2.27. The first-order chi connectivity index (χ1) is 11.7. The molecule has 1 heterocycles. The molecule has 1 N–H and O–H groups in total. The Morgan fingerprint density at radius 1 is 1.28 bits per heavy atom. The molecule has 1 aliphatic heterocycles. The van der Waals surface area contributed by atoms with Gasteiger partial charge in [0.25, 0.3) is 0 Å². The van der Waals surface area contributed by atoms with Gasteiger partial charge in [-0.15, -0.1) is 0 Å². The number of aliphatic hydroxyl groups is 1. The second-order valence-electron chi connectivity index (χ2n) is 7.44. The summed E-state index contributed by atoms with van der Waals surface area (Å²) in [7, 11) is 0. The third-order valence-electron chi connectivity index (χ3n) is 4.93. The summed E-state index contributed by atoms with van der Waals surface area (Å²) in [5.41, 5.74) is 3.18. The fraction of sp³-hybridized carbons (Fsp3) is 0.600. The van der Waals surface area contributed by atoms with Crippen LogP contribution in [0.15, 0.2) is 18.2 Å². The van der Waals surface area contributed by atoms with Crippen LogP contribution in [0.1, 0.15) is 44.7 Å². The molecule has 2 atom stereocenters. The van der Waals surface area contributed by atoms with E-state index in [0.717, 1.165) is 11.3 Å². The summed E-state index contributed by atoms with van der Waals surface area (Å²) in [6.45, 7) is 10.4. The zero-order chi connectivity index (χ0) is 18.7. The first kappa shape index (κ1) is 19.4. The molecule has 0 saturated carbocycles. The number of aryl methyl sites for hydroxylation is 2. The van der Waals surface area contributed by atoms with E-state index < -0.39 is 6.10 Å². The number of hydrogen-bond donors (Lipinski definition) is 1. The molecule has 138 valence electrons. The lowest BCUT2D eigenvalue weighted by Crippen LogP contribution is -2.50. The van der Waals surface area contributed by atoms with E-state index in [2.05, 4.69) is 0 Å². The fourth-order valence-electron chi connectivity index (χ4n) is 3.27. The van der Waals surface area contributed by atoms with E-state index >= 15 is 0 Å². The lowest BCUT2D eigenvalue weighted by Gasteiger charge is -2.37. The summed E-state index contributed by atoms with van der Waals surface area (Å²) >= 11 is 0. The Morgan fingerprint density at radius 3 is 2.52 bits per heavy atom. The Bertz CT molecular complexity index is 640. The topological polar surface area (TPSA) is 60.9 Å². The molecule has 0 aliphatic carbocycles. The van der Waals surface area contributed by atoms with Gasteiger partial charge < -0.3 is 14.9 Å². The number of aliphatic hydroxyl groups excluding tert-OH is 1. The monoisotopic (exact) mass is 346 g/mol. The average Bonchev–Trinajstić information content (AvgIpc) is 2.54. The van der Waals surface area contributed by atoms with Gasteiger partial charge in [-0.2, -0.15) is 0 Å². The van der Waals surface area contributed by atoms with Crippen molar-refractivity contribution in [3.05, 3.63) is 29.3 Å². The van der Waals surface area contributed by atoms with Crippen LogP contribution in [0.4, 0.5) is 5.69 Å². The molecule has 2 amide bonds. The van der Waals surface area contributed by atoms with Crippen molar-refractivity contribution in [1.82, 2.24) is 4.90 Å². The number of nitrogens with zero attached hydrogens (tertiary/aromatic N) is 2. The highest BCUT2D eigenvalue weighted by atomic mass is 16.3. The number of piperidine rings is 1. The molecule has 5 nitrogen and oxygen atoms in total. The summed E-state index contributed by atoms with van der Waals surface area (Å²) in [5.74, 6) is -0.128. The molecule has 1 fully saturated rings. The Labute approximate surface area is 150 Å². The van der Waals surface area contributed by atoms with Crippen molar-refractivity contribution in [3.63, 3.8) is 0 Å². The second-order valence-corrected chi connectivity index (χ2v) is 7.44. The van der Waals surface area contributed by atoms with E-state index in [9.17, 15) is 14.7 Å².